The molecule has 1 aromatic rings. The number of esters is 1. The highest BCUT2D eigenvalue weighted by molar-refractivity contribution is 5.85. The maximum absolute atomic E-state index is 11.1. The second-order valence-corrected chi connectivity index (χ2v) is 3.66. The zero-order chi connectivity index (χ0) is 9.97. The van der Waals surface area contributed by atoms with Crippen molar-refractivity contribution in [3.8, 4) is 0 Å². The molecule has 0 spiro atoms. The van der Waals surface area contributed by atoms with E-state index >= 15 is 0 Å². The molecule has 76 valence electrons. The third kappa shape index (κ3) is 1.64. The zero-order valence-corrected chi connectivity index (χ0v) is 8.25. The van der Waals surface area contributed by atoms with Crippen molar-refractivity contribution in [3.05, 3.63) is 17.7 Å². The molecular formula is C10H14N2O2. The van der Waals surface area contributed by atoms with Gasteiger partial charge in [-0.15, -0.1) is 0 Å². The van der Waals surface area contributed by atoms with Gasteiger partial charge in [-0.1, -0.05) is 12.8 Å². The smallest absolute Gasteiger partial charge is 0.374 e. The fourth-order valence-electron chi connectivity index (χ4n) is 1.98. The topological polar surface area (TPSA) is 55.0 Å². The SMILES string of the molecule is COC(=O)c1ncc(C2CCCC2)[nH]1. The molecule has 1 aromatic heterocycles. The number of methoxy groups -OCH3 is 1. The summed E-state index contributed by atoms with van der Waals surface area (Å²) >= 11 is 0. The van der Waals surface area contributed by atoms with E-state index < -0.39 is 5.97 Å². The summed E-state index contributed by atoms with van der Waals surface area (Å²) in [6.45, 7) is 0. The molecule has 0 radical (unpaired) electrons. The largest absolute Gasteiger partial charge is 0.463 e. The molecule has 1 fully saturated rings. The van der Waals surface area contributed by atoms with E-state index in [2.05, 4.69) is 14.7 Å². The second-order valence-electron chi connectivity index (χ2n) is 3.66. The fourth-order valence-corrected chi connectivity index (χ4v) is 1.98. The first-order chi connectivity index (χ1) is 6.81. The molecule has 14 heavy (non-hydrogen) atoms. The third-order valence-electron chi connectivity index (χ3n) is 2.77. The average molecular weight is 194 g/mol. The monoisotopic (exact) mass is 194 g/mol. The van der Waals surface area contributed by atoms with Gasteiger partial charge in [0.2, 0.25) is 5.82 Å². The number of rotatable bonds is 2. The van der Waals surface area contributed by atoms with Gasteiger partial charge in [0.15, 0.2) is 0 Å². The van der Waals surface area contributed by atoms with Crippen LogP contribution in [0.25, 0.3) is 0 Å². The number of carbonyl (C=O) groups excluding carboxylic acids is 1. The lowest BCUT2D eigenvalue weighted by atomic mass is 10.1. The maximum Gasteiger partial charge on any atom is 0.374 e. The number of aromatic nitrogens is 2. The van der Waals surface area contributed by atoms with Crippen LogP contribution < -0.4 is 0 Å². The standard InChI is InChI=1S/C10H14N2O2/c1-14-10(13)9-11-6-8(12-9)7-4-2-3-5-7/h6-7H,2-5H2,1H3,(H,11,12). The average Bonchev–Trinajstić information content (AvgIpc) is 2.86. The van der Waals surface area contributed by atoms with Crippen molar-refractivity contribution in [2.24, 2.45) is 0 Å². The van der Waals surface area contributed by atoms with Gasteiger partial charge < -0.3 is 9.72 Å². The summed E-state index contributed by atoms with van der Waals surface area (Å²) in [7, 11) is 1.36. The van der Waals surface area contributed by atoms with Crippen LogP contribution in [0.4, 0.5) is 0 Å². The van der Waals surface area contributed by atoms with E-state index in [1.54, 1.807) is 6.20 Å². The molecule has 1 aliphatic carbocycles. The quantitative estimate of drug-likeness (QED) is 0.731. The normalized spacial score (nSPS) is 17.2. The van der Waals surface area contributed by atoms with Gasteiger partial charge in [-0.05, 0) is 12.8 Å². The summed E-state index contributed by atoms with van der Waals surface area (Å²) in [6, 6.07) is 0. The van der Waals surface area contributed by atoms with Crippen molar-refractivity contribution < 1.29 is 9.53 Å². The molecule has 0 bridgehead atoms. The Kier molecular flexibility index (Phi) is 2.52. The number of nitrogens with one attached hydrogen (secondary N) is 1. The minimum absolute atomic E-state index is 0.314. The van der Waals surface area contributed by atoms with E-state index in [1.807, 2.05) is 0 Å². The molecule has 0 aromatic carbocycles. The number of H-pyrrole nitrogens is 1. The summed E-state index contributed by atoms with van der Waals surface area (Å²) in [5.41, 5.74) is 1.07. The first kappa shape index (κ1) is 9.24. The van der Waals surface area contributed by atoms with Crippen LogP contribution in [0.2, 0.25) is 0 Å². The molecular weight excluding hydrogens is 180 g/mol. The van der Waals surface area contributed by atoms with Crippen molar-refractivity contribution in [1.29, 1.82) is 0 Å². The highest BCUT2D eigenvalue weighted by atomic mass is 16.5. The maximum atomic E-state index is 11.1. The van der Waals surface area contributed by atoms with Crippen LogP contribution >= 0.6 is 0 Å². The van der Waals surface area contributed by atoms with E-state index in [4.69, 9.17) is 0 Å². The van der Waals surface area contributed by atoms with Crippen LogP contribution in [-0.4, -0.2) is 23.0 Å². The summed E-state index contributed by atoms with van der Waals surface area (Å²) < 4.78 is 4.58. The Bertz CT molecular complexity index is 327. The Hall–Kier alpha value is -1.32. The molecule has 4 nitrogen and oxygen atoms in total. The van der Waals surface area contributed by atoms with Crippen molar-refractivity contribution in [2.75, 3.05) is 7.11 Å². The molecule has 4 heteroatoms. The number of nitrogens with zero attached hydrogens (tertiary/aromatic N) is 1. The first-order valence-electron chi connectivity index (χ1n) is 4.94. The van der Waals surface area contributed by atoms with Gasteiger partial charge >= 0.3 is 5.97 Å². The lowest BCUT2D eigenvalue weighted by molar-refractivity contribution is 0.0588. The van der Waals surface area contributed by atoms with Crippen LogP contribution in [-0.2, 0) is 4.74 Å². The van der Waals surface area contributed by atoms with E-state index in [1.165, 1.54) is 32.8 Å². The van der Waals surface area contributed by atoms with Crippen LogP contribution in [0.15, 0.2) is 6.20 Å². The minimum Gasteiger partial charge on any atom is -0.463 e. The van der Waals surface area contributed by atoms with Crippen LogP contribution in [0.3, 0.4) is 0 Å². The van der Waals surface area contributed by atoms with Gasteiger partial charge in [0.25, 0.3) is 0 Å². The van der Waals surface area contributed by atoms with Gasteiger partial charge in [0.05, 0.1) is 7.11 Å². The van der Waals surface area contributed by atoms with Crippen LogP contribution in [0.1, 0.15) is 47.9 Å². The molecule has 1 aliphatic rings. The summed E-state index contributed by atoms with van der Waals surface area (Å²) in [6.07, 6.45) is 6.70. The molecule has 0 unspecified atom stereocenters. The van der Waals surface area contributed by atoms with Crippen molar-refractivity contribution in [3.63, 3.8) is 0 Å². The van der Waals surface area contributed by atoms with E-state index in [0.29, 0.717) is 11.7 Å². The van der Waals surface area contributed by atoms with Gasteiger partial charge in [-0.3, -0.25) is 0 Å². The summed E-state index contributed by atoms with van der Waals surface area (Å²) in [5.74, 6) is 0.476. The second kappa shape index (κ2) is 3.82. The summed E-state index contributed by atoms with van der Waals surface area (Å²) in [5, 5.41) is 0. The fraction of sp³-hybridized carbons (Fsp3) is 0.600. The van der Waals surface area contributed by atoms with E-state index in [-0.39, 0.29) is 0 Å². The number of ether oxygens (including phenoxy) is 1. The molecule has 0 atom stereocenters. The first-order valence-corrected chi connectivity index (χ1v) is 4.94. The Balaban J connectivity index is 2.12. The van der Waals surface area contributed by atoms with Gasteiger partial charge in [-0.2, -0.15) is 0 Å². The molecule has 1 saturated carbocycles. The minimum atomic E-state index is -0.394. The number of hydrogen-bond acceptors (Lipinski definition) is 3. The Labute approximate surface area is 82.7 Å². The number of imidazole rings is 1. The zero-order valence-electron chi connectivity index (χ0n) is 8.25. The van der Waals surface area contributed by atoms with Crippen LogP contribution in [0, 0.1) is 0 Å². The number of carbonyl (C=O) groups is 1. The van der Waals surface area contributed by atoms with Gasteiger partial charge in [-0.25, -0.2) is 9.78 Å². The lowest BCUT2D eigenvalue weighted by Gasteiger charge is -2.03. The number of aromatic amines is 1. The Morgan fingerprint density at radius 2 is 2.29 bits per heavy atom. The Morgan fingerprint density at radius 1 is 1.57 bits per heavy atom. The van der Waals surface area contributed by atoms with Crippen molar-refractivity contribution in [2.45, 2.75) is 31.6 Å². The van der Waals surface area contributed by atoms with Crippen molar-refractivity contribution in [1.82, 2.24) is 9.97 Å². The molecule has 2 rings (SSSR count). The lowest BCUT2D eigenvalue weighted by Crippen LogP contribution is -2.03. The van der Waals surface area contributed by atoms with Crippen molar-refractivity contribution >= 4 is 5.97 Å². The molecule has 0 amide bonds. The van der Waals surface area contributed by atoms with Gasteiger partial charge in [0, 0.05) is 17.8 Å². The predicted octanol–water partition coefficient (Wildman–Crippen LogP) is 1.85. The third-order valence-corrected chi connectivity index (χ3v) is 2.77. The highest BCUT2D eigenvalue weighted by Crippen LogP contribution is 2.32. The van der Waals surface area contributed by atoms with Crippen LogP contribution in [0.5, 0.6) is 0 Å². The molecule has 1 heterocycles. The number of hydrogen-bond donors (Lipinski definition) is 1. The van der Waals surface area contributed by atoms with Gasteiger partial charge in [0.1, 0.15) is 0 Å². The van der Waals surface area contributed by atoms with E-state index in [0.717, 1.165) is 5.69 Å². The molecule has 0 saturated heterocycles. The molecule has 1 N–H and O–H groups in total. The molecule has 0 aliphatic heterocycles. The van der Waals surface area contributed by atoms with E-state index in [9.17, 15) is 4.79 Å². The Morgan fingerprint density at radius 3 is 2.93 bits per heavy atom. The summed E-state index contributed by atoms with van der Waals surface area (Å²) in [4.78, 5) is 18.1. The predicted molar refractivity (Wildman–Crippen MR) is 51.1 cm³/mol. The highest BCUT2D eigenvalue weighted by Gasteiger charge is 2.20.